The molecule has 0 radical (unpaired) electrons. The van der Waals surface area contributed by atoms with E-state index in [0.717, 1.165) is 12.6 Å². The molecule has 0 aliphatic carbocycles. The third-order valence-corrected chi connectivity index (χ3v) is 5.17. The smallest absolute Gasteiger partial charge is 0.293 e. The number of benzene rings is 1. The lowest BCUT2D eigenvalue weighted by Crippen LogP contribution is -2.40. The topological polar surface area (TPSA) is 105 Å². The van der Waals surface area contributed by atoms with E-state index in [2.05, 4.69) is 23.9 Å². The molecule has 0 amide bonds. The Morgan fingerprint density at radius 1 is 1.15 bits per heavy atom. The first-order valence-corrected chi connectivity index (χ1v) is 9.82. The lowest BCUT2D eigenvalue weighted by atomic mass is 9.93. The highest BCUT2D eigenvalue weighted by Gasteiger charge is 2.26. The molecule has 0 heterocycles. The summed E-state index contributed by atoms with van der Waals surface area (Å²) in [5.74, 6) is 0. The molecule has 9 heteroatoms. The molecule has 0 bridgehead atoms. The van der Waals surface area contributed by atoms with E-state index in [9.17, 15) is 18.5 Å². The number of rotatable bonds is 8. The minimum Gasteiger partial charge on any atom is -0.379 e. The van der Waals surface area contributed by atoms with Crippen molar-refractivity contribution >= 4 is 21.4 Å². The van der Waals surface area contributed by atoms with Gasteiger partial charge in [0.05, 0.1) is 9.82 Å². The maximum atomic E-state index is 12.4. The molecule has 0 saturated carbocycles. The molecule has 0 atom stereocenters. The van der Waals surface area contributed by atoms with Crippen molar-refractivity contribution in [2.24, 2.45) is 5.41 Å². The quantitative estimate of drug-likeness (QED) is 0.526. The summed E-state index contributed by atoms with van der Waals surface area (Å²) in [7, 11) is 0.0898. The number of anilines is 1. The Morgan fingerprint density at radius 2 is 1.73 bits per heavy atom. The van der Waals surface area contributed by atoms with Gasteiger partial charge in [-0.25, -0.2) is 13.1 Å². The SMILES string of the molecule is CN(C)CC(C)(C)CNc1ccc(S(=O)(=O)NC(C)(C)C)cc1[N+](=O)[O-]. The van der Waals surface area contributed by atoms with Crippen molar-refractivity contribution in [2.75, 3.05) is 32.5 Å². The maximum Gasteiger partial charge on any atom is 0.293 e. The van der Waals surface area contributed by atoms with Crippen LogP contribution in [0.4, 0.5) is 11.4 Å². The third kappa shape index (κ3) is 6.89. The molecule has 148 valence electrons. The van der Waals surface area contributed by atoms with Gasteiger partial charge in [0.25, 0.3) is 5.69 Å². The highest BCUT2D eigenvalue weighted by molar-refractivity contribution is 7.89. The van der Waals surface area contributed by atoms with Gasteiger partial charge >= 0.3 is 0 Å². The zero-order chi connectivity index (χ0) is 20.3. The van der Waals surface area contributed by atoms with Crippen LogP contribution in [-0.4, -0.2) is 51.0 Å². The first-order valence-electron chi connectivity index (χ1n) is 8.34. The van der Waals surface area contributed by atoms with Gasteiger partial charge in [0, 0.05) is 24.7 Å². The first-order chi connectivity index (χ1) is 11.6. The lowest BCUT2D eigenvalue weighted by Gasteiger charge is -2.28. The Kier molecular flexibility index (Phi) is 6.78. The monoisotopic (exact) mass is 386 g/mol. The number of nitro groups is 1. The van der Waals surface area contributed by atoms with Crippen LogP contribution in [0.2, 0.25) is 0 Å². The Labute approximate surface area is 156 Å². The average Bonchev–Trinajstić information content (AvgIpc) is 2.40. The van der Waals surface area contributed by atoms with E-state index in [0.29, 0.717) is 12.2 Å². The second-order valence-electron chi connectivity index (χ2n) is 8.55. The fourth-order valence-electron chi connectivity index (χ4n) is 2.69. The second-order valence-corrected chi connectivity index (χ2v) is 10.2. The van der Waals surface area contributed by atoms with Crippen LogP contribution in [0, 0.1) is 15.5 Å². The van der Waals surface area contributed by atoms with Crippen molar-refractivity contribution in [3.8, 4) is 0 Å². The van der Waals surface area contributed by atoms with Crippen LogP contribution < -0.4 is 10.0 Å². The summed E-state index contributed by atoms with van der Waals surface area (Å²) in [4.78, 5) is 12.8. The van der Waals surface area contributed by atoms with Crippen LogP contribution in [0.15, 0.2) is 23.1 Å². The van der Waals surface area contributed by atoms with Gasteiger partial charge < -0.3 is 10.2 Å². The molecule has 8 nitrogen and oxygen atoms in total. The van der Waals surface area contributed by atoms with Crippen LogP contribution in [0.1, 0.15) is 34.6 Å². The number of nitro benzene ring substituents is 1. The molecule has 0 aliphatic heterocycles. The largest absolute Gasteiger partial charge is 0.379 e. The van der Waals surface area contributed by atoms with Gasteiger partial charge in [-0.05, 0) is 52.4 Å². The normalized spacial score (nSPS) is 13.1. The van der Waals surface area contributed by atoms with Crippen molar-refractivity contribution in [1.82, 2.24) is 9.62 Å². The second kappa shape index (κ2) is 7.89. The molecular formula is C17H30N4O4S. The lowest BCUT2D eigenvalue weighted by molar-refractivity contribution is -0.384. The van der Waals surface area contributed by atoms with Gasteiger partial charge in [0.1, 0.15) is 5.69 Å². The summed E-state index contributed by atoms with van der Waals surface area (Å²) < 4.78 is 27.3. The molecule has 1 aromatic carbocycles. The molecule has 0 saturated heterocycles. The van der Waals surface area contributed by atoms with E-state index in [4.69, 9.17) is 0 Å². The fraction of sp³-hybridized carbons (Fsp3) is 0.647. The highest BCUT2D eigenvalue weighted by atomic mass is 32.2. The zero-order valence-corrected chi connectivity index (χ0v) is 17.4. The number of nitrogens with zero attached hydrogens (tertiary/aromatic N) is 2. The molecule has 1 rings (SSSR count). The molecular weight excluding hydrogens is 356 g/mol. The standard InChI is InChI=1S/C17H30N4O4S/c1-16(2,3)19-26(24,25)13-8-9-14(15(10-13)21(22)23)18-11-17(4,5)12-20(6)7/h8-10,18-19H,11-12H2,1-7H3. The highest BCUT2D eigenvalue weighted by Crippen LogP contribution is 2.29. The van der Waals surface area contributed by atoms with Crippen molar-refractivity contribution in [3.63, 3.8) is 0 Å². The summed E-state index contributed by atoms with van der Waals surface area (Å²) in [6.07, 6.45) is 0. The van der Waals surface area contributed by atoms with Gasteiger partial charge in [-0.15, -0.1) is 0 Å². The Balaban J connectivity index is 3.13. The molecule has 0 fully saturated rings. The zero-order valence-electron chi connectivity index (χ0n) is 16.6. The number of nitrogens with one attached hydrogen (secondary N) is 2. The van der Waals surface area contributed by atoms with Crippen molar-refractivity contribution in [2.45, 2.75) is 45.1 Å². The summed E-state index contributed by atoms with van der Waals surface area (Å²) >= 11 is 0. The molecule has 1 aromatic rings. The van der Waals surface area contributed by atoms with Gasteiger partial charge in [-0.3, -0.25) is 10.1 Å². The Morgan fingerprint density at radius 3 is 2.19 bits per heavy atom. The summed E-state index contributed by atoms with van der Waals surface area (Å²) in [6.45, 7) is 10.6. The fourth-order valence-corrected chi connectivity index (χ4v) is 4.13. The van der Waals surface area contributed by atoms with E-state index < -0.39 is 20.5 Å². The minimum atomic E-state index is -3.84. The van der Waals surface area contributed by atoms with E-state index in [1.165, 1.54) is 12.1 Å². The predicted octanol–water partition coefficient (Wildman–Crippen LogP) is 2.67. The number of hydrogen-bond donors (Lipinski definition) is 2. The van der Waals surface area contributed by atoms with E-state index in [-0.39, 0.29) is 16.0 Å². The van der Waals surface area contributed by atoms with Crippen LogP contribution in [-0.2, 0) is 10.0 Å². The third-order valence-electron chi connectivity index (χ3n) is 3.42. The van der Waals surface area contributed by atoms with Gasteiger partial charge in [-0.1, -0.05) is 13.8 Å². The Hall–Kier alpha value is -1.71. The molecule has 0 aromatic heterocycles. The molecule has 2 N–H and O–H groups in total. The van der Waals surface area contributed by atoms with E-state index >= 15 is 0 Å². The van der Waals surface area contributed by atoms with Gasteiger partial charge in [0.15, 0.2) is 0 Å². The number of hydrogen-bond acceptors (Lipinski definition) is 6. The minimum absolute atomic E-state index is 0.115. The molecule has 0 aliphatic rings. The number of sulfonamides is 1. The van der Waals surface area contributed by atoms with Crippen LogP contribution >= 0.6 is 0 Å². The Bertz CT molecular complexity index is 753. The van der Waals surface area contributed by atoms with Crippen LogP contribution in [0.3, 0.4) is 0 Å². The van der Waals surface area contributed by atoms with E-state index in [1.807, 2.05) is 19.0 Å². The van der Waals surface area contributed by atoms with Gasteiger partial charge in [0.2, 0.25) is 10.0 Å². The molecule has 26 heavy (non-hydrogen) atoms. The average molecular weight is 387 g/mol. The van der Waals surface area contributed by atoms with Crippen LogP contribution in [0.25, 0.3) is 0 Å². The predicted molar refractivity (Wildman–Crippen MR) is 104 cm³/mol. The molecule has 0 spiro atoms. The van der Waals surface area contributed by atoms with Crippen molar-refractivity contribution in [3.05, 3.63) is 28.3 Å². The first kappa shape index (κ1) is 22.3. The van der Waals surface area contributed by atoms with Crippen molar-refractivity contribution < 1.29 is 13.3 Å². The van der Waals surface area contributed by atoms with Crippen LogP contribution in [0.5, 0.6) is 0 Å². The van der Waals surface area contributed by atoms with Crippen molar-refractivity contribution in [1.29, 1.82) is 0 Å². The summed E-state index contributed by atoms with van der Waals surface area (Å²) in [5, 5.41) is 14.5. The van der Waals surface area contributed by atoms with E-state index in [1.54, 1.807) is 20.8 Å². The van der Waals surface area contributed by atoms with Gasteiger partial charge in [-0.2, -0.15) is 0 Å². The molecule has 0 unspecified atom stereocenters. The summed E-state index contributed by atoms with van der Waals surface area (Å²) in [6, 6.07) is 3.92. The summed E-state index contributed by atoms with van der Waals surface area (Å²) in [5.41, 5.74) is -0.754. The maximum absolute atomic E-state index is 12.4.